The zero-order valence-corrected chi connectivity index (χ0v) is 28.7. The second-order valence-corrected chi connectivity index (χ2v) is 13.2. The number of benzene rings is 4. The van der Waals surface area contributed by atoms with Crippen LogP contribution < -0.4 is 15.1 Å². The van der Waals surface area contributed by atoms with Gasteiger partial charge in [-0.15, -0.1) is 0 Å². The first kappa shape index (κ1) is 33.8. The number of nitrogens with zero attached hydrogens (tertiary/aromatic N) is 3. The van der Waals surface area contributed by atoms with Gasteiger partial charge in [-0.05, 0) is 91.6 Å². The number of anilines is 3. The van der Waals surface area contributed by atoms with Gasteiger partial charge in [0.15, 0.2) is 5.72 Å². The van der Waals surface area contributed by atoms with Crippen LogP contribution in [-0.4, -0.2) is 61.6 Å². The van der Waals surface area contributed by atoms with Crippen LogP contribution in [0.1, 0.15) is 45.5 Å². The first-order chi connectivity index (χ1) is 23.2. The molecule has 1 unspecified atom stereocenters. The number of aryl methyl sites for hydroxylation is 1. The van der Waals surface area contributed by atoms with E-state index in [-0.39, 0.29) is 24.1 Å². The van der Waals surface area contributed by atoms with Crippen LogP contribution >= 0.6 is 34.8 Å². The summed E-state index contributed by atoms with van der Waals surface area (Å²) in [5.41, 5.74) is 2.48. The molecule has 1 saturated heterocycles. The topological polar surface area (TPSA) is 82.2 Å². The molecule has 2 aliphatic rings. The molecule has 11 heteroatoms. The van der Waals surface area contributed by atoms with E-state index in [1.165, 1.54) is 0 Å². The van der Waals surface area contributed by atoms with Crippen LogP contribution in [0.15, 0.2) is 91.0 Å². The maximum absolute atomic E-state index is 14.5. The highest BCUT2D eigenvalue weighted by Crippen LogP contribution is 2.41. The lowest BCUT2D eigenvalue weighted by atomic mass is 9.98. The summed E-state index contributed by atoms with van der Waals surface area (Å²) in [6.45, 7) is 2.31. The minimum atomic E-state index is -1.25. The zero-order valence-electron chi connectivity index (χ0n) is 26.4. The van der Waals surface area contributed by atoms with Crippen molar-refractivity contribution in [1.29, 1.82) is 0 Å². The van der Waals surface area contributed by atoms with Crippen molar-refractivity contribution in [3.05, 3.63) is 123 Å². The maximum atomic E-state index is 14.5. The number of rotatable bonds is 7. The minimum absolute atomic E-state index is 0.0185. The van der Waals surface area contributed by atoms with Gasteiger partial charge in [-0.1, -0.05) is 59.1 Å². The molecular formula is C37H35Cl3N4O4. The van der Waals surface area contributed by atoms with Gasteiger partial charge < -0.3 is 19.9 Å². The Morgan fingerprint density at radius 2 is 1.50 bits per heavy atom. The molecule has 1 N–H and O–H groups in total. The largest absolute Gasteiger partial charge is 0.367 e. The Morgan fingerprint density at radius 1 is 0.812 bits per heavy atom. The number of hydrogen-bond donors (Lipinski definition) is 1. The van der Waals surface area contributed by atoms with E-state index in [1.54, 1.807) is 66.6 Å². The lowest BCUT2D eigenvalue weighted by molar-refractivity contribution is -0.138. The van der Waals surface area contributed by atoms with Crippen LogP contribution in [0, 0.1) is 0 Å². The van der Waals surface area contributed by atoms with Crippen molar-refractivity contribution in [3.8, 4) is 0 Å². The third-order valence-electron chi connectivity index (χ3n) is 9.05. The van der Waals surface area contributed by atoms with E-state index in [1.807, 2.05) is 41.3 Å². The van der Waals surface area contributed by atoms with Crippen LogP contribution in [0.4, 0.5) is 17.1 Å². The van der Waals surface area contributed by atoms with Gasteiger partial charge in [-0.3, -0.25) is 19.3 Å². The highest BCUT2D eigenvalue weighted by atomic mass is 35.5. The van der Waals surface area contributed by atoms with Gasteiger partial charge in [0, 0.05) is 49.6 Å². The van der Waals surface area contributed by atoms with E-state index in [9.17, 15) is 14.4 Å². The summed E-state index contributed by atoms with van der Waals surface area (Å²) in [4.78, 5) is 47.0. The van der Waals surface area contributed by atoms with Crippen molar-refractivity contribution in [2.45, 2.75) is 31.4 Å². The Bertz CT molecular complexity index is 1830. The van der Waals surface area contributed by atoms with E-state index >= 15 is 0 Å². The Labute approximate surface area is 295 Å². The van der Waals surface area contributed by atoms with Crippen molar-refractivity contribution in [2.24, 2.45) is 0 Å². The molecule has 4 aromatic rings. The average Bonchev–Trinajstić information content (AvgIpc) is 3.25. The number of ether oxygens (including phenoxy) is 1. The van der Waals surface area contributed by atoms with Crippen LogP contribution in [0.5, 0.6) is 0 Å². The number of piperazine rings is 1. The van der Waals surface area contributed by atoms with Gasteiger partial charge in [-0.25, -0.2) is 0 Å². The molecule has 8 nitrogen and oxygen atoms in total. The average molecular weight is 706 g/mol. The van der Waals surface area contributed by atoms with Crippen molar-refractivity contribution < 1.29 is 19.1 Å². The van der Waals surface area contributed by atoms with Crippen LogP contribution in [0.25, 0.3) is 0 Å². The number of hydrogen-bond acceptors (Lipinski definition) is 5. The Morgan fingerprint density at radius 3 is 2.19 bits per heavy atom. The third kappa shape index (κ3) is 7.03. The fourth-order valence-electron chi connectivity index (χ4n) is 6.51. The molecule has 1 fully saturated rings. The third-order valence-corrected chi connectivity index (χ3v) is 9.93. The quantitative estimate of drug-likeness (QED) is 0.211. The molecule has 0 spiro atoms. The summed E-state index contributed by atoms with van der Waals surface area (Å²) in [6.07, 6.45) is 1.78. The van der Waals surface area contributed by atoms with E-state index in [2.05, 4.69) is 10.2 Å². The predicted octanol–water partition coefficient (Wildman–Crippen LogP) is 7.96. The van der Waals surface area contributed by atoms with Gasteiger partial charge in [0.25, 0.3) is 11.8 Å². The molecule has 0 aromatic heterocycles. The second-order valence-electron chi connectivity index (χ2n) is 11.9. The number of carbonyl (C=O) groups excluding carboxylic acids is 3. The Hall–Kier alpha value is -4.08. The number of fused-ring (bicyclic) bond motifs is 1. The monoisotopic (exact) mass is 704 g/mol. The number of nitrogens with one attached hydrogen (secondary N) is 1. The van der Waals surface area contributed by atoms with Crippen molar-refractivity contribution >= 4 is 69.6 Å². The first-order valence-electron chi connectivity index (χ1n) is 15.8. The number of amides is 3. The summed E-state index contributed by atoms with van der Waals surface area (Å²) < 4.78 is 6.23. The predicted molar refractivity (Wildman–Crippen MR) is 192 cm³/mol. The SMILES string of the molecule is COC1(CC(=O)N2CCN(c3ccccc3Cl)CC2)CCCc2cc(Cl)ccc2N1C(=O)c1ccc(NC(=O)c2ccccc2Cl)cc1. The van der Waals surface area contributed by atoms with E-state index in [0.717, 1.165) is 11.3 Å². The van der Waals surface area contributed by atoms with Crippen molar-refractivity contribution in [1.82, 2.24) is 4.90 Å². The number of para-hydroxylation sites is 1. The van der Waals surface area contributed by atoms with E-state index < -0.39 is 5.72 Å². The summed E-state index contributed by atoms with van der Waals surface area (Å²) in [5.74, 6) is -0.784. The zero-order chi connectivity index (χ0) is 33.8. The van der Waals surface area contributed by atoms with Crippen LogP contribution in [0.3, 0.4) is 0 Å². The van der Waals surface area contributed by atoms with Gasteiger partial charge in [0.05, 0.1) is 33.4 Å². The first-order valence-corrected chi connectivity index (χ1v) is 16.9. The molecule has 0 radical (unpaired) electrons. The molecule has 0 saturated carbocycles. The minimum Gasteiger partial charge on any atom is -0.367 e. The van der Waals surface area contributed by atoms with Gasteiger partial charge >= 0.3 is 0 Å². The summed E-state index contributed by atoms with van der Waals surface area (Å²) in [5, 5.41) is 4.42. The maximum Gasteiger partial charge on any atom is 0.260 e. The standard InChI is InChI=1S/C37H35Cl3N4O4/c1-48-37(24-34(45)43-21-19-42(20-22-43)33-11-5-4-10-31(33)40)18-6-7-26-23-27(38)14-17-32(26)44(37)36(47)25-12-15-28(16-13-25)41-35(46)29-8-2-3-9-30(29)39/h2-5,8-17,23H,6-7,18-22,24H2,1H3,(H,41,46). The molecule has 6 rings (SSSR count). The van der Waals surface area contributed by atoms with E-state index in [0.29, 0.717) is 83.0 Å². The van der Waals surface area contributed by atoms with Gasteiger partial charge in [-0.2, -0.15) is 0 Å². The van der Waals surface area contributed by atoms with Crippen molar-refractivity contribution in [3.63, 3.8) is 0 Å². The Balaban J connectivity index is 1.25. The number of carbonyl (C=O) groups is 3. The molecule has 248 valence electrons. The molecule has 1 atom stereocenters. The fourth-order valence-corrected chi connectivity index (χ4v) is 7.18. The molecule has 0 aliphatic carbocycles. The molecule has 2 aliphatic heterocycles. The summed E-state index contributed by atoms with van der Waals surface area (Å²) >= 11 is 19.0. The highest BCUT2D eigenvalue weighted by molar-refractivity contribution is 6.34. The van der Waals surface area contributed by atoms with Gasteiger partial charge in [0.2, 0.25) is 5.91 Å². The molecule has 48 heavy (non-hydrogen) atoms. The fraction of sp³-hybridized carbons (Fsp3) is 0.270. The highest BCUT2D eigenvalue weighted by Gasteiger charge is 2.46. The van der Waals surface area contributed by atoms with Gasteiger partial charge in [0.1, 0.15) is 0 Å². The second kappa shape index (κ2) is 14.6. The molecule has 3 amide bonds. The molecule has 4 aromatic carbocycles. The van der Waals surface area contributed by atoms with E-state index in [4.69, 9.17) is 39.5 Å². The lowest BCUT2D eigenvalue weighted by Crippen LogP contribution is -2.57. The van der Waals surface area contributed by atoms with Crippen LogP contribution in [-0.2, 0) is 16.0 Å². The Kier molecular flexibility index (Phi) is 10.3. The molecule has 2 heterocycles. The van der Waals surface area contributed by atoms with Crippen LogP contribution in [0.2, 0.25) is 15.1 Å². The summed E-state index contributed by atoms with van der Waals surface area (Å²) in [6, 6.07) is 26.6. The molecule has 0 bridgehead atoms. The number of halogens is 3. The molecular weight excluding hydrogens is 671 g/mol. The normalized spacial score (nSPS) is 17.8. The lowest BCUT2D eigenvalue weighted by Gasteiger charge is -2.44. The smallest absolute Gasteiger partial charge is 0.260 e. The number of methoxy groups -OCH3 is 1. The van der Waals surface area contributed by atoms with Crippen molar-refractivity contribution in [2.75, 3.05) is 48.4 Å². The summed E-state index contributed by atoms with van der Waals surface area (Å²) in [7, 11) is 1.55.